The van der Waals surface area contributed by atoms with Crippen LogP contribution in [0.25, 0.3) is 16.8 Å². The molecule has 1 aromatic heterocycles. The van der Waals surface area contributed by atoms with E-state index in [9.17, 15) is 13.6 Å². The fraction of sp³-hybridized carbons (Fsp3) is 0.0833. The molecular formula is C24H18ClF2N3O2. The van der Waals surface area contributed by atoms with E-state index in [1.165, 1.54) is 24.7 Å². The van der Waals surface area contributed by atoms with E-state index in [0.717, 1.165) is 17.2 Å². The molecule has 0 aliphatic heterocycles. The Labute approximate surface area is 188 Å². The predicted octanol–water partition coefficient (Wildman–Crippen LogP) is 5.41. The summed E-state index contributed by atoms with van der Waals surface area (Å²) in [6.07, 6.45) is 2.94. The van der Waals surface area contributed by atoms with Gasteiger partial charge in [-0.2, -0.15) is 0 Å². The zero-order valence-corrected chi connectivity index (χ0v) is 17.7. The second kappa shape index (κ2) is 9.20. The highest BCUT2D eigenvalue weighted by atomic mass is 35.5. The van der Waals surface area contributed by atoms with E-state index in [1.54, 1.807) is 29.9 Å². The summed E-state index contributed by atoms with van der Waals surface area (Å²) >= 11 is 6.16. The molecule has 32 heavy (non-hydrogen) atoms. The minimum absolute atomic E-state index is 0.0293. The number of methoxy groups -OCH3 is 1. The molecule has 0 bridgehead atoms. The number of ether oxygens (including phenoxy) is 1. The number of rotatable bonds is 6. The number of imidazole rings is 1. The molecule has 1 N–H and O–H groups in total. The summed E-state index contributed by atoms with van der Waals surface area (Å²) in [5, 5.41) is 3.24. The monoisotopic (exact) mass is 453 g/mol. The number of carbonyl (C=O) groups is 1. The van der Waals surface area contributed by atoms with Crippen LogP contribution in [0, 0.1) is 11.6 Å². The normalized spacial score (nSPS) is 10.8. The maximum atomic E-state index is 13.4. The molecule has 0 aliphatic rings. The number of amides is 1. The van der Waals surface area contributed by atoms with Crippen molar-refractivity contribution in [2.24, 2.45) is 0 Å². The van der Waals surface area contributed by atoms with Crippen molar-refractivity contribution in [2.75, 3.05) is 7.11 Å². The van der Waals surface area contributed by atoms with Gasteiger partial charge < -0.3 is 10.1 Å². The molecule has 4 rings (SSSR count). The molecule has 0 saturated heterocycles. The van der Waals surface area contributed by atoms with Crippen molar-refractivity contribution in [3.8, 4) is 22.6 Å². The highest BCUT2D eigenvalue weighted by molar-refractivity contribution is 6.31. The van der Waals surface area contributed by atoms with Crippen molar-refractivity contribution in [1.29, 1.82) is 0 Å². The Kier molecular flexibility index (Phi) is 6.18. The molecule has 0 unspecified atom stereocenters. The van der Waals surface area contributed by atoms with Gasteiger partial charge in [-0.15, -0.1) is 0 Å². The molecule has 0 atom stereocenters. The first-order chi connectivity index (χ1) is 15.4. The second-order valence-corrected chi connectivity index (χ2v) is 7.44. The van der Waals surface area contributed by atoms with Crippen molar-refractivity contribution in [3.63, 3.8) is 0 Å². The number of hydrogen-bond acceptors (Lipinski definition) is 3. The van der Waals surface area contributed by atoms with Gasteiger partial charge in [0, 0.05) is 28.9 Å². The largest absolute Gasteiger partial charge is 0.496 e. The van der Waals surface area contributed by atoms with Crippen LogP contribution < -0.4 is 10.1 Å². The molecule has 1 amide bonds. The molecule has 1 heterocycles. The lowest BCUT2D eigenvalue weighted by Gasteiger charge is -2.13. The van der Waals surface area contributed by atoms with Crippen molar-refractivity contribution < 1.29 is 18.3 Å². The van der Waals surface area contributed by atoms with Gasteiger partial charge in [-0.05, 0) is 53.6 Å². The molecule has 3 aromatic carbocycles. The molecule has 0 saturated carbocycles. The quantitative estimate of drug-likeness (QED) is 0.424. The van der Waals surface area contributed by atoms with Gasteiger partial charge in [0.15, 0.2) is 0 Å². The molecule has 0 radical (unpaired) electrons. The van der Waals surface area contributed by atoms with Gasteiger partial charge in [0.2, 0.25) is 0 Å². The number of nitrogens with zero attached hydrogens (tertiary/aromatic N) is 2. The molecular weight excluding hydrogens is 436 g/mol. The SMILES string of the molecule is COc1ccc(Cl)cc1-c1cccc(-n2cncc2C(=O)NCc2cc(F)cc(F)c2)c1. The number of carbonyl (C=O) groups excluding carboxylic acids is 1. The standard InChI is InChI=1S/C24H18ClF2N3O2/c1-32-23-6-5-17(25)10-21(23)16-3-2-4-20(9-16)30-14-28-13-22(30)24(31)29-12-15-7-18(26)11-19(27)8-15/h2-11,13-14H,12H2,1H3,(H,29,31). The zero-order chi connectivity index (χ0) is 22.7. The summed E-state index contributed by atoms with van der Waals surface area (Å²) in [6, 6.07) is 15.9. The highest BCUT2D eigenvalue weighted by Gasteiger charge is 2.15. The summed E-state index contributed by atoms with van der Waals surface area (Å²) < 4.78 is 33.8. The third-order valence-corrected chi connectivity index (χ3v) is 5.08. The highest BCUT2D eigenvalue weighted by Crippen LogP contribution is 2.33. The summed E-state index contributed by atoms with van der Waals surface area (Å²) in [5.41, 5.74) is 2.94. The maximum absolute atomic E-state index is 13.4. The Morgan fingerprint density at radius 3 is 2.62 bits per heavy atom. The first kappa shape index (κ1) is 21.5. The van der Waals surface area contributed by atoms with Gasteiger partial charge in [0.1, 0.15) is 23.1 Å². The van der Waals surface area contributed by atoms with Gasteiger partial charge in [0.05, 0.1) is 19.6 Å². The van der Waals surface area contributed by atoms with Crippen LogP contribution in [0.1, 0.15) is 16.1 Å². The first-order valence-electron chi connectivity index (χ1n) is 9.64. The van der Waals surface area contributed by atoms with Crippen LogP contribution >= 0.6 is 11.6 Å². The van der Waals surface area contributed by atoms with Crippen LogP contribution in [0.2, 0.25) is 5.02 Å². The predicted molar refractivity (Wildman–Crippen MR) is 118 cm³/mol. The first-order valence-corrected chi connectivity index (χ1v) is 10.0. The van der Waals surface area contributed by atoms with Crippen LogP contribution in [-0.4, -0.2) is 22.6 Å². The van der Waals surface area contributed by atoms with Crippen molar-refractivity contribution >= 4 is 17.5 Å². The number of benzene rings is 3. The van der Waals surface area contributed by atoms with Crippen molar-refractivity contribution in [2.45, 2.75) is 6.54 Å². The van der Waals surface area contributed by atoms with Crippen LogP contribution in [0.3, 0.4) is 0 Å². The maximum Gasteiger partial charge on any atom is 0.270 e. The Balaban J connectivity index is 1.60. The molecule has 0 fully saturated rings. The van der Waals surface area contributed by atoms with Crippen LogP contribution in [0.4, 0.5) is 8.78 Å². The van der Waals surface area contributed by atoms with E-state index in [-0.39, 0.29) is 12.2 Å². The lowest BCUT2D eigenvalue weighted by molar-refractivity contribution is 0.0944. The molecule has 5 nitrogen and oxygen atoms in total. The summed E-state index contributed by atoms with van der Waals surface area (Å²) in [4.78, 5) is 16.8. The molecule has 0 aliphatic carbocycles. The Hall–Kier alpha value is -3.71. The van der Waals surface area contributed by atoms with Gasteiger partial charge in [-0.1, -0.05) is 23.7 Å². The smallest absolute Gasteiger partial charge is 0.270 e. The van der Waals surface area contributed by atoms with Gasteiger partial charge in [-0.25, -0.2) is 13.8 Å². The third kappa shape index (κ3) is 4.63. The topological polar surface area (TPSA) is 56.2 Å². The van der Waals surface area contributed by atoms with E-state index in [1.807, 2.05) is 24.3 Å². The van der Waals surface area contributed by atoms with E-state index in [4.69, 9.17) is 16.3 Å². The van der Waals surface area contributed by atoms with Crippen LogP contribution in [0.5, 0.6) is 5.75 Å². The summed E-state index contributed by atoms with van der Waals surface area (Å²) in [7, 11) is 1.58. The van der Waals surface area contributed by atoms with E-state index < -0.39 is 17.5 Å². The average molecular weight is 454 g/mol. The number of halogens is 3. The second-order valence-electron chi connectivity index (χ2n) is 7.00. The van der Waals surface area contributed by atoms with Crippen LogP contribution in [-0.2, 0) is 6.54 Å². The minimum atomic E-state index is -0.701. The number of aromatic nitrogens is 2. The zero-order valence-electron chi connectivity index (χ0n) is 17.0. The Morgan fingerprint density at radius 1 is 1.09 bits per heavy atom. The molecule has 4 aromatic rings. The number of nitrogens with one attached hydrogen (secondary N) is 1. The van der Waals surface area contributed by atoms with Gasteiger partial charge in [0.25, 0.3) is 5.91 Å². The minimum Gasteiger partial charge on any atom is -0.496 e. The van der Waals surface area contributed by atoms with E-state index >= 15 is 0 Å². The summed E-state index contributed by atoms with van der Waals surface area (Å²) in [6.45, 7) is -0.0293. The lowest BCUT2D eigenvalue weighted by atomic mass is 10.0. The fourth-order valence-electron chi connectivity index (χ4n) is 3.38. The third-order valence-electron chi connectivity index (χ3n) is 4.84. The van der Waals surface area contributed by atoms with Crippen LogP contribution in [0.15, 0.2) is 73.2 Å². The van der Waals surface area contributed by atoms with Gasteiger partial charge >= 0.3 is 0 Å². The molecule has 0 spiro atoms. The molecule has 8 heteroatoms. The Morgan fingerprint density at radius 2 is 1.88 bits per heavy atom. The average Bonchev–Trinajstić information content (AvgIpc) is 3.27. The fourth-order valence-corrected chi connectivity index (χ4v) is 3.56. The van der Waals surface area contributed by atoms with Crippen molar-refractivity contribution in [1.82, 2.24) is 14.9 Å². The van der Waals surface area contributed by atoms with Gasteiger partial charge in [-0.3, -0.25) is 9.36 Å². The number of hydrogen-bond donors (Lipinski definition) is 1. The Bertz CT molecular complexity index is 1270. The van der Waals surface area contributed by atoms with Crippen molar-refractivity contribution in [3.05, 3.63) is 101 Å². The van der Waals surface area contributed by atoms with E-state index in [2.05, 4.69) is 10.3 Å². The molecule has 162 valence electrons. The summed E-state index contributed by atoms with van der Waals surface area (Å²) in [5.74, 6) is -1.17. The van der Waals surface area contributed by atoms with E-state index in [0.29, 0.717) is 22.0 Å². The lowest BCUT2D eigenvalue weighted by Crippen LogP contribution is -2.25.